The largest absolute Gasteiger partial charge is 0.461 e. The fourth-order valence-corrected chi connectivity index (χ4v) is 3.71. The smallest absolute Gasteiger partial charge is 0.220 e. The zero-order chi connectivity index (χ0) is 20.5. The number of nitrogens with zero attached hydrogens (tertiary/aromatic N) is 1. The third-order valence-electron chi connectivity index (χ3n) is 4.36. The fraction of sp³-hybridized carbons (Fsp3) is 0.217. The second kappa shape index (κ2) is 10.5. The summed E-state index contributed by atoms with van der Waals surface area (Å²) in [4.78, 5) is 12.0. The van der Waals surface area contributed by atoms with Gasteiger partial charge in [-0.2, -0.15) is 17.0 Å². The fourth-order valence-electron chi connectivity index (χ4n) is 2.84. The van der Waals surface area contributed by atoms with Gasteiger partial charge in [0.05, 0.1) is 17.2 Å². The van der Waals surface area contributed by atoms with E-state index in [1.54, 1.807) is 42.1 Å². The highest BCUT2D eigenvalue weighted by atomic mass is 32.2. The number of furan rings is 1. The molecule has 148 valence electrons. The predicted molar refractivity (Wildman–Crippen MR) is 113 cm³/mol. The Bertz CT molecular complexity index is 1010. The van der Waals surface area contributed by atoms with Crippen LogP contribution in [0.4, 0.5) is 4.39 Å². The van der Waals surface area contributed by atoms with E-state index in [1.807, 2.05) is 24.3 Å². The summed E-state index contributed by atoms with van der Waals surface area (Å²) < 4.78 is 19.5. The molecule has 1 N–H and O–H groups in total. The zero-order valence-corrected chi connectivity index (χ0v) is 16.7. The normalized spacial score (nSPS) is 10.5. The van der Waals surface area contributed by atoms with Crippen LogP contribution < -0.4 is 5.32 Å². The van der Waals surface area contributed by atoms with E-state index >= 15 is 0 Å². The number of carbonyl (C=O) groups excluding carboxylic acids is 1. The van der Waals surface area contributed by atoms with Crippen molar-refractivity contribution in [1.29, 1.82) is 5.26 Å². The van der Waals surface area contributed by atoms with Crippen molar-refractivity contribution in [2.45, 2.75) is 18.6 Å². The van der Waals surface area contributed by atoms with E-state index in [-0.39, 0.29) is 11.7 Å². The molecular formula is C23H21FN2O2S. The van der Waals surface area contributed by atoms with Crippen LogP contribution in [0.1, 0.15) is 23.3 Å². The molecular weight excluding hydrogens is 387 g/mol. The van der Waals surface area contributed by atoms with Crippen LogP contribution in [0, 0.1) is 17.1 Å². The number of aryl methyl sites for hydroxylation is 1. The average molecular weight is 408 g/mol. The molecule has 0 aliphatic heterocycles. The molecule has 0 unspecified atom stereocenters. The Kier molecular flexibility index (Phi) is 7.48. The summed E-state index contributed by atoms with van der Waals surface area (Å²) in [6.45, 7) is 0.566. The summed E-state index contributed by atoms with van der Waals surface area (Å²) >= 11 is 1.67. The van der Waals surface area contributed by atoms with E-state index in [1.165, 1.54) is 6.07 Å². The maximum absolute atomic E-state index is 13.8. The van der Waals surface area contributed by atoms with Gasteiger partial charge in [-0.25, -0.2) is 4.39 Å². The summed E-state index contributed by atoms with van der Waals surface area (Å²) in [6, 6.07) is 19.7. The molecule has 0 atom stereocenters. The summed E-state index contributed by atoms with van der Waals surface area (Å²) in [5.74, 6) is 2.25. The van der Waals surface area contributed by atoms with Gasteiger partial charge in [-0.3, -0.25) is 4.79 Å². The first-order chi connectivity index (χ1) is 14.2. The van der Waals surface area contributed by atoms with Crippen molar-refractivity contribution in [2.24, 2.45) is 0 Å². The zero-order valence-electron chi connectivity index (χ0n) is 15.9. The van der Waals surface area contributed by atoms with Gasteiger partial charge in [0, 0.05) is 30.9 Å². The van der Waals surface area contributed by atoms with E-state index in [9.17, 15) is 9.18 Å². The Hall–Kier alpha value is -3.04. The Labute approximate surface area is 173 Å². The van der Waals surface area contributed by atoms with Crippen LogP contribution >= 0.6 is 11.8 Å². The molecule has 0 aliphatic rings. The molecule has 0 spiro atoms. The lowest BCUT2D eigenvalue weighted by atomic mass is 10.1. The maximum atomic E-state index is 13.8. The van der Waals surface area contributed by atoms with Gasteiger partial charge >= 0.3 is 0 Å². The Morgan fingerprint density at radius 1 is 1.10 bits per heavy atom. The summed E-state index contributed by atoms with van der Waals surface area (Å²) in [5, 5.41) is 12.0. The van der Waals surface area contributed by atoms with Gasteiger partial charge in [-0.1, -0.05) is 30.3 Å². The monoisotopic (exact) mass is 408 g/mol. The van der Waals surface area contributed by atoms with Gasteiger partial charge in [0.1, 0.15) is 17.3 Å². The van der Waals surface area contributed by atoms with Crippen LogP contribution in [-0.4, -0.2) is 18.2 Å². The topological polar surface area (TPSA) is 66.0 Å². The summed E-state index contributed by atoms with van der Waals surface area (Å²) in [7, 11) is 0. The van der Waals surface area contributed by atoms with Crippen LogP contribution in [0.2, 0.25) is 0 Å². The quantitative estimate of drug-likeness (QED) is 0.509. The SMILES string of the molecule is N#Cc1ccccc1CSCCNC(=O)CCc1ccc(-c2ccccc2F)o1. The minimum atomic E-state index is -0.332. The lowest BCUT2D eigenvalue weighted by Gasteiger charge is -2.06. The van der Waals surface area contributed by atoms with Crippen molar-refractivity contribution in [1.82, 2.24) is 5.32 Å². The molecule has 1 amide bonds. The highest BCUT2D eigenvalue weighted by molar-refractivity contribution is 7.98. The number of hydrogen-bond acceptors (Lipinski definition) is 4. The van der Waals surface area contributed by atoms with Gasteiger partial charge in [0.15, 0.2) is 0 Å². The first kappa shape index (κ1) is 20.7. The highest BCUT2D eigenvalue weighted by Gasteiger charge is 2.10. The number of hydrogen-bond donors (Lipinski definition) is 1. The van der Waals surface area contributed by atoms with Crippen molar-refractivity contribution >= 4 is 17.7 Å². The van der Waals surface area contributed by atoms with E-state index in [0.29, 0.717) is 42.0 Å². The number of halogens is 1. The van der Waals surface area contributed by atoms with Crippen molar-refractivity contribution in [3.8, 4) is 17.4 Å². The Morgan fingerprint density at radius 2 is 1.90 bits per heavy atom. The van der Waals surface area contributed by atoms with E-state index in [4.69, 9.17) is 9.68 Å². The van der Waals surface area contributed by atoms with Crippen molar-refractivity contribution in [2.75, 3.05) is 12.3 Å². The van der Waals surface area contributed by atoms with Gasteiger partial charge < -0.3 is 9.73 Å². The number of carbonyl (C=O) groups is 1. The molecule has 1 heterocycles. The lowest BCUT2D eigenvalue weighted by molar-refractivity contribution is -0.121. The molecule has 1 aromatic heterocycles. The molecule has 4 nitrogen and oxygen atoms in total. The Morgan fingerprint density at radius 3 is 2.72 bits per heavy atom. The predicted octanol–water partition coefficient (Wildman–Crippen LogP) is 4.94. The molecule has 0 radical (unpaired) electrons. The van der Waals surface area contributed by atoms with E-state index in [0.717, 1.165) is 17.1 Å². The Balaban J connectivity index is 1.36. The minimum absolute atomic E-state index is 0.0492. The summed E-state index contributed by atoms with van der Waals surface area (Å²) in [6.07, 6.45) is 0.773. The second-order valence-electron chi connectivity index (χ2n) is 6.42. The molecule has 3 aromatic rings. The highest BCUT2D eigenvalue weighted by Crippen LogP contribution is 2.25. The van der Waals surface area contributed by atoms with E-state index < -0.39 is 0 Å². The molecule has 6 heteroatoms. The van der Waals surface area contributed by atoms with Crippen molar-refractivity contribution in [3.05, 3.63) is 83.4 Å². The second-order valence-corrected chi connectivity index (χ2v) is 7.52. The molecule has 0 saturated heterocycles. The molecule has 0 bridgehead atoms. The van der Waals surface area contributed by atoms with Crippen LogP contribution in [0.3, 0.4) is 0 Å². The number of rotatable bonds is 9. The molecule has 0 fully saturated rings. The van der Waals surface area contributed by atoms with Crippen LogP contribution in [-0.2, 0) is 17.0 Å². The molecule has 0 saturated carbocycles. The number of thioether (sulfide) groups is 1. The van der Waals surface area contributed by atoms with Crippen LogP contribution in [0.5, 0.6) is 0 Å². The standard InChI is InChI=1S/C23H21FN2O2S/c24-21-8-4-3-7-20(21)22-11-9-19(28-22)10-12-23(27)26-13-14-29-16-18-6-2-1-5-17(18)15-25/h1-9,11H,10,12-14,16H2,(H,26,27). The number of nitriles is 1. The first-order valence-electron chi connectivity index (χ1n) is 9.33. The third-order valence-corrected chi connectivity index (χ3v) is 5.37. The first-order valence-corrected chi connectivity index (χ1v) is 10.5. The van der Waals surface area contributed by atoms with Crippen molar-refractivity contribution < 1.29 is 13.6 Å². The number of benzene rings is 2. The van der Waals surface area contributed by atoms with Gasteiger partial charge in [-0.15, -0.1) is 0 Å². The van der Waals surface area contributed by atoms with Gasteiger partial charge in [-0.05, 0) is 35.9 Å². The van der Waals surface area contributed by atoms with Crippen LogP contribution in [0.25, 0.3) is 11.3 Å². The number of amides is 1. The molecule has 2 aromatic carbocycles. The molecule has 29 heavy (non-hydrogen) atoms. The van der Waals surface area contributed by atoms with Gasteiger partial charge in [0.2, 0.25) is 5.91 Å². The minimum Gasteiger partial charge on any atom is -0.461 e. The number of nitrogens with one attached hydrogen (secondary N) is 1. The average Bonchev–Trinajstić information content (AvgIpc) is 3.21. The molecule has 0 aliphatic carbocycles. The lowest BCUT2D eigenvalue weighted by Crippen LogP contribution is -2.25. The molecule has 3 rings (SSSR count). The maximum Gasteiger partial charge on any atom is 0.220 e. The van der Waals surface area contributed by atoms with Crippen LogP contribution in [0.15, 0.2) is 65.1 Å². The third kappa shape index (κ3) is 5.97. The van der Waals surface area contributed by atoms with Crippen molar-refractivity contribution in [3.63, 3.8) is 0 Å². The summed E-state index contributed by atoms with van der Waals surface area (Å²) in [5.41, 5.74) is 2.12. The van der Waals surface area contributed by atoms with Gasteiger partial charge in [0.25, 0.3) is 0 Å². The van der Waals surface area contributed by atoms with E-state index in [2.05, 4.69) is 11.4 Å².